The number of carbonyl (C=O) groups is 2. The number of aliphatic hydroxyl groups excluding tert-OH is 1. The fourth-order valence-corrected chi connectivity index (χ4v) is 2.04. The summed E-state index contributed by atoms with van der Waals surface area (Å²) in [6.07, 6.45) is 6.34. The third-order valence-electron chi connectivity index (χ3n) is 4.11. The third kappa shape index (κ3) is 116. The van der Waals surface area contributed by atoms with Crippen LogP contribution in [0.4, 0.5) is 0 Å². The van der Waals surface area contributed by atoms with Gasteiger partial charge in [0.25, 0.3) is 0 Å². The van der Waals surface area contributed by atoms with E-state index in [1.54, 1.807) is 14.1 Å². The molecule has 0 aliphatic carbocycles. The zero-order valence-corrected chi connectivity index (χ0v) is 40.9. The Hall–Kier alpha value is 2.68. The van der Waals surface area contributed by atoms with Gasteiger partial charge in [0.1, 0.15) is 0 Å². The van der Waals surface area contributed by atoms with Gasteiger partial charge in [-0.25, -0.2) is 0 Å². The van der Waals surface area contributed by atoms with Crippen molar-refractivity contribution in [1.29, 1.82) is 0 Å². The maximum Gasteiger partial charge on any atom is 0 e. The van der Waals surface area contributed by atoms with E-state index >= 15 is 0 Å². The van der Waals surface area contributed by atoms with Crippen molar-refractivity contribution >= 4 is 103 Å². The number of halogens is 5. The Bertz CT molecular complexity index is 296. The first kappa shape index (κ1) is 79.3. The molecule has 0 aromatic rings. The molecular formula is C29H72B2I5N2O3-. The molecule has 0 aliphatic rings. The molecule has 0 saturated carbocycles. The Morgan fingerprint density at radius 1 is 0.610 bits per heavy atom. The Morgan fingerprint density at radius 2 is 0.805 bits per heavy atom. The predicted octanol–water partition coefficient (Wildman–Crippen LogP) is 8.42. The van der Waals surface area contributed by atoms with Gasteiger partial charge in [-0.3, -0.25) is 9.59 Å². The quantitative estimate of drug-likeness (QED) is 0.152. The second-order valence-corrected chi connectivity index (χ2v) is 21.9. The maximum absolute atomic E-state index is 10.8. The van der Waals surface area contributed by atoms with Crippen molar-refractivity contribution in [2.45, 2.75) is 149 Å². The average molecular weight is 1150 g/mol. The standard InChI is InChI=1S/C9H19NO.C8H17NO2.6C2H6.2B.I3.I2/c1-4-8(5-2)6-7-9(11)10-3;1-3-7(6-10)4-5-8(11)9-2;6*1-2;;;1-3-2;1-2/h8H,4-7H2,1-3H3,(H,10,11);7,10H,3-6H2,1-2H3,(H,9,11);6*1-2H3;;;;/q;;;;;;;;;;-1;. The largest absolute Gasteiger partial charge is 0 e. The van der Waals surface area contributed by atoms with E-state index in [0.29, 0.717) is 26.1 Å². The van der Waals surface area contributed by atoms with Crippen LogP contribution in [0.2, 0.25) is 0 Å². The van der Waals surface area contributed by atoms with Gasteiger partial charge in [-0.1, -0.05) is 123 Å². The number of amides is 2. The minimum Gasteiger partial charge on any atom is 0 e. The van der Waals surface area contributed by atoms with E-state index < -0.39 is 0 Å². The Morgan fingerprint density at radius 3 is 0.951 bits per heavy atom. The van der Waals surface area contributed by atoms with E-state index in [1.807, 2.05) is 90.0 Å². The van der Waals surface area contributed by atoms with Gasteiger partial charge in [0.2, 0.25) is 11.8 Å². The average Bonchev–Trinajstić information content (AvgIpc) is 3.05. The van der Waals surface area contributed by atoms with Crippen molar-refractivity contribution in [3.63, 3.8) is 0 Å². The molecule has 0 fully saturated rings. The van der Waals surface area contributed by atoms with Crippen LogP contribution < -0.4 is 23.9 Å². The molecule has 0 aromatic heterocycles. The smallest absolute Gasteiger partial charge is 0 e. The summed E-state index contributed by atoms with van der Waals surface area (Å²) in [7, 11) is 3.32. The molecule has 6 radical (unpaired) electrons. The van der Waals surface area contributed by atoms with Crippen LogP contribution in [0.25, 0.3) is 0 Å². The van der Waals surface area contributed by atoms with Gasteiger partial charge in [-0.05, 0) is 24.7 Å². The third-order valence-corrected chi connectivity index (χ3v) is 4.11. The number of carbonyl (C=O) groups excluding carboxylic acids is 2. The minimum absolute atomic E-state index is 0. The second kappa shape index (κ2) is 112. The van der Waals surface area contributed by atoms with Crippen LogP contribution in [-0.2, 0) is 9.59 Å². The Kier molecular flexibility index (Phi) is 217. The van der Waals surface area contributed by atoms with Crippen LogP contribution in [0, 0.1) is 11.8 Å². The predicted molar refractivity (Wildman–Crippen MR) is 227 cm³/mol. The van der Waals surface area contributed by atoms with Gasteiger partial charge in [-0.2, -0.15) is 0 Å². The van der Waals surface area contributed by atoms with Gasteiger partial charge in [-0.15, -0.1) is 0 Å². The summed E-state index contributed by atoms with van der Waals surface area (Å²) in [4.78, 5) is 21.6. The van der Waals surface area contributed by atoms with E-state index in [1.165, 1.54) is 12.8 Å². The molecule has 3 N–H and O–H groups in total. The molecule has 0 bridgehead atoms. The van der Waals surface area contributed by atoms with Crippen LogP contribution in [0.5, 0.6) is 0 Å². The van der Waals surface area contributed by atoms with E-state index in [2.05, 4.69) is 98.9 Å². The normalized spacial score (nSPS) is 7.68. The van der Waals surface area contributed by atoms with E-state index in [0.717, 1.165) is 25.2 Å². The van der Waals surface area contributed by atoms with Crippen molar-refractivity contribution < 1.29 is 28.0 Å². The molecule has 1 atom stereocenters. The van der Waals surface area contributed by atoms with Crippen LogP contribution in [0.3, 0.4) is 0 Å². The van der Waals surface area contributed by atoms with Gasteiger partial charge in [0.05, 0.1) is 0 Å². The summed E-state index contributed by atoms with van der Waals surface area (Å²) in [5.41, 5.74) is 0. The van der Waals surface area contributed by atoms with Gasteiger partial charge >= 0.3 is 50.5 Å². The molecule has 0 heterocycles. The maximum atomic E-state index is 10.8. The molecule has 0 aromatic carbocycles. The summed E-state index contributed by atoms with van der Waals surface area (Å²) < 4.78 is 0. The van der Waals surface area contributed by atoms with Crippen molar-refractivity contribution in [1.82, 2.24) is 10.6 Å². The molecule has 12 heteroatoms. The van der Waals surface area contributed by atoms with Crippen LogP contribution in [0.1, 0.15) is 149 Å². The van der Waals surface area contributed by atoms with Crippen molar-refractivity contribution in [2.24, 2.45) is 11.8 Å². The molecule has 41 heavy (non-hydrogen) atoms. The van der Waals surface area contributed by atoms with E-state index in [-0.39, 0.29) is 41.2 Å². The fraction of sp³-hybridized carbons (Fsp3) is 0.931. The van der Waals surface area contributed by atoms with Crippen LogP contribution in [-0.4, -0.2) is 54.4 Å². The molecule has 0 spiro atoms. The minimum atomic E-state index is 0. The van der Waals surface area contributed by atoms with Gasteiger partial charge < -0.3 is 15.7 Å². The first-order valence-electron chi connectivity index (χ1n) is 14.9. The van der Waals surface area contributed by atoms with Crippen molar-refractivity contribution in [3.8, 4) is 0 Å². The summed E-state index contributed by atoms with van der Waals surface area (Å²) >= 11 is 9.54. The van der Waals surface area contributed by atoms with Gasteiger partial charge in [0.15, 0.2) is 0 Å². The van der Waals surface area contributed by atoms with Crippen molar-refractivity contribution in [2.75, 3.05) is 20.7 Å². The second-order valence-electron chi connectivity index (χ2n) is 5.62. The first-order chi connectivity index (χ1) is 18.9. The van der Waals surface area contributed by atoms with Gasteiger partial charge in [0, 0.05) is 87.6 Å². The molecule has 2 amide bonds. The first-order valence-corrected chi connectivity index (χ1v) is 33.8. The number of hydrogen-bond donors (Lipinski definition) is 3. The number of nitrogens with one attached hydrogen (secondary N) is 2. The Balaban J connectivity index is -0.0000000261. The van der Waals surface area contributed by atoms with E-state index in [9.17, 15) is 9.59 Å². The Labute approximate surface area is 318 Å². The fourth-order valence-electron chi connectivity index (χ4n) is 2.04. The van der Waals surface area contributed by atoms with Crippen LogP contribution in [0.15, 0.2) is 0 Å². The molecular weight excluding hydrogens is 1080 g/mol. The summed E-state index contributed by atoms with van der Waals surface area (Å²) in [5.74, 6) is 1.23. The summed E-state index contributed by atoms with van der Waals surface area (Å²) in [6, 6.07) is 0. The zero-order chi connectivity index (χ0) is 34.1. The molecule has 0 saturated heterocycles. The topological polar surface area (TPSA) is 78.4 Å². The summed E-state index contributed by atoms with van der Waals surface area (Å²) in [5, 5.41) is 14.0. The SMILES string of the molecule is CC.CC.CC.CC.CC.CC.CCC(CC)CCC(=O)NC.CCC(CO)CCC(=O)NC.II.I[I-]I.[B].[B]. The zero-order valence-electron chi connectivity index (χ0n) is 30.1. The summed E-state index contributed by atoms with van der Waals surface area (Å²) in [6.45, 7) is 30.6. The van der Waals surface area contributed by atoms with Crippen LogP contribution >= 0.6 is 74.5 Å². The number of hydrogen-bond acceptors (Lipinski definition) is 3. The number of aliphatic hydroxyl groups is 1. The van der Waals surface area contributed by atoms with E-state index in [4.69, 9.17) is 5.11 Å². The molecule has 258 valence electrons. The molecule has 5 nitrogen and oxygen atoms in total. The monoisotopic (exact) mass is 1150 g/mol. The molecule has 0 aliphatic heterocycles. The molecule has 0 rings (SSSR count). The van der Waals surface area contributed by atoms with Crippen molar-refractivity contribution in [3.05, 3.63) is 0 Å². The molecule has 1 unspecified atom stereocenters. The number of rotatable bonds is 10.